The van der Waals surface area contributed by atoms with Crippen LogP contribution in [-0.2, 0) is 17.8 Å². The first-order valence-corrected chi connectivity index (χ1v) is 9.51. The number of nitrogens with zero attached hydrogens (tertiary/aromatic N) is 1. The Labute approximate surface area is 162 Å². The fraction of sp³-hybridized carbons (Fsp3) is 0.421. The summed E-state index contributed by atoms with van der Waals surface area (Å²) in [5, 5.41) is 5.72. The Balaban J connectivity index is 2.01. The molecule has 0 atom stereocenters. The van der Waals surface area contributed by atoms with Crippen molar-refractivity contribution in [3.05, 3.63) is 56.2 Å². The Morgan fingerprint density at radius 2 is 2.00 bits per heavy atom. The summed E-state index contributed by atoms with van der Waals surface area (Å²) in [7, 11) is 0. The topological polar surface area (TPSA) is 96.0 Å². The number of aromatic nitrogens is 2. The van der Waals surface area contributed by atoms with Crippen LogP contribution in [0.25, 0.3) is 0 Å². The van der Waals surface area contributed by atoms with E-state index in [0.29, 0.717) is 25.2 Å². The largest absolute Gasteiger partial charge is 0.355 e. The van der Waals surface area contributed by atoms with Crippen molar-refractivity contribution >= 4 is 29.0 Å². The van der Waals surface area contributed by atoms with Crippen molar-refractivity contribution in [1.29, 1.82) is 0 Å². The van der Waals surface area contributed by atoms with Crippen LogP contribution in [0, 0.1) is 6.92 Å². The lowest BCUT2D eigenvalue weighted by Crippen LogP contribution is -2.35. The molecule has 0 bridgehead atoms. The minimum Gasteiger partial charge on any atom is -0.355 e. The van der Waals surface area contributed by atoms with Crippen molar-refractivity contribution in [1.82, 2.24) is 14.9 Å². The molecule has 2 rings (SSSR count). The van der Waals surface area contributed by atoms with E-state index in [2.05, 4.69) is 22.5 Å². The zero-order valence-electron chi connectivity index (χ0n) is 15.6. The Hall–Kier alpha value is -2.54. The van der Waals surface area contributed by atoms with Gasteiger partial charge in [0.1, 0.15) is 11.7 Å². The summed E-state index contributed by atoms with van der Waals surface area (Å²) >= 11 is 5.39. The standard InChI is InChI=1S/C19H25ClN4O3/c1-3-14-10-15(7-6-13(14)2)22-16-11-18(26)24(19(27)23-16)9-5-4-8-21-17(25)12-20/h6-7,10-11,22H,3-5,8-9,12H2,1-2H3,(H,21,25)(H,23,27). The number of unbranched alkanes of at least 4 members (excludes halogenated alkanes) is 1. The first kappa shape index (κ1) is 20.8. The molecule has 7 nitrogen and oxygen atoms in total. The summed E-state index contributed by atoms with van der Waals surface area (Å²) in [6.45, 7) is 4.88. The van der Waals surface area contributed by atoms with Gasteiger partial charge in [-0.25, -0.2) is 4.79 Å². The van der Waals surface area contributed by atoms with E-state index in [1.807, 2.05) is 25.1 Å². The maximum absolute atomic E-state index is 12.3. The van der Waals surface area contributed by atoms with Crippen molar-refractivity contribution in [3.63, 3.8) is 0 Å². The second-order valence-corrected chi connectivity index (χ2v) is 6.56. The van der Waals surface area contributed by atoms with E-state index in [9.17, 15) is 14.4 Å². The van der Waals surface area contributed by atoms with E-state index in [1.165, 1.54) is 17.2 Å². The molecule has 0 saturated carbocycles. The van der Waals surface area contributed by atoms with Crippen LogP contribution in [0.5, 0.6) is 0 Å². The first-order chi connectivity index (χ1) is 12.9. The van der Waals surface area contributed by atoms with Gasteiger partial charge >= 0.3 is 5.69 Å². The molecule has 0 unspecified atom stereocenters. The fourth-order valence-electron chi connectivity index (χ4n) is 2.75. The lowest BCUT2D eigenvalue weighted by atomic mass is 10.1. The third-order valence-corrected chi connectivity index (χ3v) is 4.52. The van der Waals surface area contributed by atoms with E-state index in [-0.39, 0.29) is 23.9 Å². The number of rotatable bonds is 9. The molecule has 1 heterocycles. The quantitative estimate of drug-likeness (QED) is 0.450. The highest BCUT2D eigenvalue weighted by Crippen LogP contribution is 2.18. The number of halogens is 1. The number of benzene rings is 1. The minimum absolute atomic E-state index is 0.0751. The highest BCUT2D eigenvalue weighted by atomic mass is 35.5. The Bertz CT molecular complexity index is 873. The number of anilines is 2. The van der Waals surface area contributed by atoms with Gasteiger partial charge in [-0.3, -0.25) is 19.1 Å². The van der Waals surface area contributed by atoms with Crippen LogP contribution in [0.2, 0.25) is 0 Å². The van der Waals surface area contributed by atoms with E-state index in [1.54, 1.807) is 0 Å². The Kier molecular flexibility index (Phi) is 7.67. The van der Waals surface area contributed by atoms with Gasteiger partial charge in [-0.2, -0.15) is 0 Å². The third kappa shape index (κ3) is 5.99. The van der Waals surface area contributed by atoms with Gasteiger partial charge in [0.05, 0.1) is 0 Å². The molecule has 1 amide bonds. The average molecular weight is 393 g/mol. The number of carbonyl (C=O) groups excluding carboxylic acids is 1. The molecule has 0 aliphatic rings. The molecule has 0 fully saturated rings. The smallest absolute Gasteiger partial charge is 0.329 e. The number of H-pyrrole nitrogens is 1. The van der Waals surface area contributed by atoms with Crippen LogP contribution >= 0.6 is 11.6 Å². The van der Waals surface area contributed by atoms with Crippen LogP contribution < -0.4 is 21.9 Å². The molecule has 8 heteroatoms. The van der Waals surface area contributed by atoms with Crippen LogP contribution in [0.15, 0.2) is 33.9 Å². The van der Waals surface area contributed by atoms with Crippen LogP contribution in [0.1, 0.15) is 30.9 Å². The van der Waals surface area contributed by atoms with Crippen molar-refractivity contribution in [2.45, 2.75) is 39.7 Å². The molecule has 0 saturated heterocycles. The minimum atomic E-state index is -0.461. The highest BCUT2D eigenvalue weighted by Gasteiger charge is 2.06. The molecule has 27 heavy (non-hydrogen) atoms. The van der Waals surface area contributed by atoms with E-state index in [4.69, 9.17) is 11.6 Å². The molecule has 0 aliphatic carbocycles. The Morgan fingerprint density at radius 3 is 2.67 bits per heavy atom. The predicted octanol–water partition coefficient (Wildman–Crippen LogP) is 2.29. The van der Waals surface area contributed by atoms with Crippen LogP contribution in [0.3, 0.4) is 0 Å². The number of amides is 1. The summed E-state index contributed by atoms with van der Waals surface area (Å²) < 4.78 is 1.15. The first-order valence-electron chi connectivity index (χ1n) is 8.98. The van der Waals surface area contributed by atoms with Crippen LogP contribution in [0.4, 0.5) is 11.5 Å². The summed E-state index contributed by atoms with van der Waals surface area (Å²) in [6.07, 6.45) is 2.15. The van der Waals surface area contributed by atoms with Gasteiger partial charge in [-0.15, -0.1) is 11.6 Å². The predicted molar refractivity (Wildman–Crippen MR) is 108 cm³/mol. The molecule has 0 spiro atoms. The van der Waals surface area contributed by atoms with Crippen molar-refractivity contribution in [3.8, 4) is 0 Å². The van der Waals surface area contributed by atoms with E-state index in [0.717, 1.165) is 16.7 Å². The summed E-state index contributed by atoms with van der Waals surface area (Å²) in [4.78, 5) is 38.2. The normalized spacial score (nSPS) is 10.6. The SMILES string of the molecule is CCc1cc(Nc2cc(=O)n(CCCCNC(=O)CCl)c(=O)[nH]2)ccc1C. The van der Waals surface area contributed by atoms with Gasteiger partial charge < -0.3 is 10.6 Å². The van der Waals surface area contributed by atoms with E-state index < -0.39 is 5.69 Å². The van der Waals surface area contributed by atoms with E-state index >= 15 is 0 Å². The number of aromatic amines is 1. The van der Waals surface area contributed by atoms with Gasteiger partial charge in [0, 0.05) is 24.8 Å². The van der Waals surface area contributed by atoms with Gasteiger partial charge in [-0.05, 0) is 49.4 Å². The molecule has 1 aromatic carbocycles. The average Bonchev–Trinajstić information content (AvgIpc) is 2.64. The zero-order chi connectivity index (χ0) is 19.8. The molecular weight excluding hydrogens is 368 g/mol. The molecule has 146 valence electrons. The van der Waals surface area contributed by atoms with Crippen molar-refractivity contribution in [2.24, 2.45) is 0 Å². The lowest BCUT2D eigenvalue weighted by Gasteiger charge is -2.11. The summed E-state index contributed by atoms with van der Waals surface area (Å²) in [6, 6.07) is 7.30. The molecule has 1 aromatic heterocycles. The molecular formula is C19H25ClN4O3. The van der Waals surface area contributed by atoms with Crippen molar-refractivity contribution in [2.75, 3.05) is 17.7 Å². The second kappa shape index (κ2) is 9.97. The molecule has 0 radical (unpaired) electrons. The maximum atomic E-state index is 12.3. The van der Waals surface area contributed by atoms with Gasteiger partial charge in [0.25, 0.3) is 5.56 Å². The fourth-order valence-corrected chi connectivity index (χ4v) is 2.85. The number of hydrogen-bond acceptors (Lipinski definition) is 4. The Morgan fingerprint density at radius 1 is 1.22 bits per heavy atom. The van der Waals surface area contributed by atoms with Crippen molar-refractivity contribution < 1.29 is 4.79 Å². The monoisotopic (exact) mass is 392 g/mol. The summed E-state index contributed by atoms with van der Waals surface area (Å²) in [5.74, 6) is 0.0555. The number of aryl methyl sites for hydroxylation is 2. The number of alkyl halides is 1. The second-order valence-electron chi connectivity index (χ2n) is 6.29. The number of nitrogens with one attached hydrogen (secondary N) is 3. The van der Waals surface area contributed by atoms with Gasteiger partial charge in [0.2, 0.25) is 5.91 Å². The lowest BCUT2D eigenvalue weighted by molar-refractivity contribution is -0.118. The maximum Gasteiger partial charge on any atom is 0.329 e. The van der Waals surface area contributed by atoms with Gasteiger partial charge in [-0.1, -0.05) is 13.0 Å². The zero-order valence-corrected chi connectivity index (χ0v) is 16.4. The summed E-state index contributed by atoms with van der Waals surface area (Å²) in [5.41, 5.74) is 2.40. The van der Waals surface area contributed by atoms with Crippen LogP contribution in [-0.4, -0.2) is 27.9 Å². The molecule has 3 N–H and O–H groups in total. The third-order valence-electron chi connectivity index (χ3n) is 4.28. The number of hydrogen-bond donors (Lipinski definition) is 3. The molecule has 0 aliphatic heterocycles. The van der Waals surface area contributed by atoms with Gasteiger partial charge in [0.15, 0.2) is 0 Å². The molecule has 2 aromatic rings. The number of carbonyl (C=O) groups is 1. The highest BCUT2D eigenvalue weighted by molar-refractivity contribution is 6.27.